The lowest BCUT2D eigenvalue weighted by atomic mass is 9.93. The van der Waals surface area contributed by atoms with E-state index in [0.717, 1.165) is 33.2 Å². The van der Waals surface area contributed by atoms with Crippen LogP contribution in [0.5, 0.6) is 11.5 Å². The summed E-state index contributed by atoms with van der Waals surface area (Å²) in [5.41, 5.74) is 4.44. The summed E-state index contributed by atoms with van der Waals surface area (Å²) in [5.74, 6) is -0.635. The number of carbonyl (C=O) groups is 2. The number of nitrogens with one attached hydrogen (secondary N) is 1. The maximum Gasteiger partial charge on any atom is 0.295 e. The van der Waals surface area contributed by atoms with Gasteiger partial charge in [0.1, 0.15) is 17.3 Å². The van der Waals surface area contributed by atoms with Crippen molar-refractivity contribution in [3.05, 3.63) is 100 Å². The van der Waals surface area contributed by atoms with Gasteiger partial charge in [0.15, 0.2) is 0 Å². The number of hydrogen-bond acceptors (Lipinski definition) is 5. The molecule has 7 nitrogen and oxygen atoms in total. The minimum Gasteiger partial charge on any atom is -0.507 e. The second kappa shape index (κ2) is 9.50. The van der Waals surface area contributed by atoms with Gasteiger partial charge in [-0.1, -0.05) is 42.5 Å². The van der Waals surface area contributed by atoms with Crippen molar-refractivity contribution in [1.29, 1.82) is 0 Å². The Morgan fingerprint density at radius 3 is 2.49 bits per heavy atom. The molecule has 1 fully saturated rings. The second-order valence-corrected chi connectivity index (χ2v) is 9.19. The van der Waals surface area contributed by atoms with E-state index in [2.05, 4.69) is 4.98 Å². The van der Waals surface area contributed by atoms with Crippen LogP contribution in [0.3, 0.4) is 0 Å². The van der Waals surface area contributed by atoms with E-state index in [1.165, 1.54) is 12.0 Å². The molecule has 0 aliphatic carbocycles. The number of aryl methyl sites for hydroxylation is 2. The third-order valence-electron chi connectivity index (χ3n) is 6.87. The summed E-state index contributed by atoms with van der Waals surface area (Å²) < 4.78 is 11.1. The lowest BCUT2D eigenvalue weighted by Crippen LogP contribution is -2.29. The quantitative estimate of drug-likeness (QED) is 0.211. The van der Waals surface area contributed by atoms with Crippen LogP contribution in [0.4, 0.5) is 0 Å². The van der Waals surface area contributed by atoms with Gasteiger partial charge in [-0.2, -0.15) is 0 Å². The van der Waals surface area contributed by atoms with Crippen molar-refractivity contribution in [2.24, 2.45) is 0 Å². The van der Waals surface area contributed by atoms with Crippen LogP contribution in [0.15, 0.2) is 72.4 Å². The number of hydrogen-bond donors (Lipinski definition) is 2. The number of H-pyrrole nitrogens is 1. The fraction of sp³-hybridized carbons (Fsp3) is 0.200. The monoisotopic (exact) mass is 496 g/mol. The zero-order chi connectivity index (χ0) is 26.3. The van der Waals surface area contributed by atoms with Gasteiger partial charge in [-0.05, 0) is 43.2 Å². The zero-order valence-corrected chi connectivity index (χ0v) is 21.2. The van der Waals surface area contributed by atoms with Crippen molar-refractivity contribution in [2.45, 2.75) is 26.4 Å². The largest absolute Gasteiger partial charge is 0.507 e. The van der Waals surface area contributed by atoms with Crippen molar-refractivity contribution in [3.8, 4) is 11.5 Å². The van der Waals surface area contributed by atoms with Gasteiger partial charge in [-0.25, -0.2) is 0 Å². The molecule has 1 atom stereocenters. The molecule has 1 unspecified atom stereocenters. The zero-order valence-electron chi connectivity index (χ0n) is 21.2. The average molecular weight is 497 g/mol. The van der Waals surface area contributed by atoms with Crippen molar-refractivity contribution >= 4 is 28.4 Å². The smallest absolute Gasteiger partial charge is 0.295 e. The number of rotatable bonds is 6. The van der Waals surface area contributed by atoms with E-state index in [9.17, 15) is 14.7 Å². The molecule has 7 heteroatoms. The predicted octanol–water partition coefficient (Wildman–Crippen LogP) is 5.42. The molecule has 5 rings (SSSR count). The van der Waals surface area contributed by atoms with E-state index in [1.54, 1.807) is 19.4 Å². The van der Waals surface area contributed by atoms with Gasteiger partial charge in [-0.15, -0.1) is 0 Å². The molecule has 1 saturated heterocycles. The first-order chi connectivity index (χ1) is 17.8. The highest BCUT2D eigenvalue weighted by Crippen LogP contribution is 2.44. The van der Waals surface area contributed by atoms with Crippen LogP contribution in [0, 0.1) is 13.8 Å². The first kappa shape index (κ1) is 24.2. The van der Waals surface area contributed by atoms with Gasteiger partial charge in [-0.3, -0.25) is 9.59 Å². The molecule has 1 amide bonds. The molecule has 37 heavy (non-hydrogen) atoms. The molecule has 2 N–H and O–H groups in total. The Morgan fingerprint density at radius 2 is 1.73 bits per heavy atom. The number of carbonyl (C=O) groups excluding carboxylic acids is 2. The topological polar surface area (TPSA) is 91.9 Å². The molecular formula is C30H28N2O5. The number of ether oxygens (including phenoxy) is 2. The summed E-state index contributed by atoms with van der Waals surface area (Å²) in [6, 6.07) is 17.9. The van der Waals surface area contributed by atoms with Crippen LogP contribution in [0.1, 0.15) is 33.9 Å². The molecule has 4 aromatic rings. The van der Waals surface area contributed by atoms with E-state index in [-0.39, 0.29) is 17.9 Å². The van der Waals surface area contributed by atoms with Gasteiger partial charge in [0, 0.05) is 28.2 Å². The van der Waals surface area contributed by atoms with E-state index >= 15 is 0 Å². The summed E-state index contributed by atoms with van der Waals surface area (Å²) in [5, 5.41) is 12.5. The van der Waals surface area contributed by atoms with Crippen molar-refractivity contribution in [2.75, 3.05) is 14.2 Å². The molecule has 1 aromatic heterocycles. The van der Waals surface area contributed by atoms with E-state index in [4.69, 9.17) is 9.47 Å². The Balaban J connectivity index is 1.76. The number of fused-ring (bicyclic) bond motifs is 1. The second-order valence-electron chi connectivity index (χ2n) is 9.19. The molecule has 0 bridgehead atoms. The molecule has 0 radical (unpaired) electrons. The molecular weight excluding hydrogens is 468 g/mol. The lowest BCUT2D eigenvalue weighted by Gasteiger charge is -2.26. The first-order valence-corrected chi connectivity index (χ1v) is 12.0. The molecule has 0 spiro atoms. The summed E-state index contributed by atoms with van der Waals surface area (Å²) >= 11 is 0. The Bertz CT molecular complexity index is 1570. The number of Topliss-reactive ketones (excluding diaryl/α,β-unsaturated/α-hetero) is 1. The normalized spacial score (nSPS) is 17.0. The molecule has 1 aliphatic heterocycles. The highest BCUT2D eigenvalue weighted by Gasteiger charge is 2.47. The number of aliphatic hydroxyl groups is 1. The SMILES string of the molecule is COc1ccccc1CN1C(=O)C(=O)/C(=C(/O)c2cc(C)cc(C)c2OC)C1c1c[nH]c2ccccc12. The van der Waals surface area contributed by atoms with Gasteiger partial charge in [0.2, 0.25) is 0 Å². The minimum atomic E-state index is -0.827. The number of nitrogens with zero attached hydrogens (tertiary/aromatic N) is 1. The fourth-order valence-corrected chi connectivity index (χ4v) is 5.25. The molecule has 3 aromatic carbocycles. The molecule has 2 heterocycles. The summed E-state index contributed by atoms with van der Waals surface area (Å²) in [7, 11) is 3.09. The standard InChI is InChI=1S/C30H28N2O5/c1-17-13-18(2)29(37-4)21(14-17)27(33)25-26(22-15-31-23-11-7-6-10-20(22)23)32(30(35)28(25)34)16-19-9-5-8-12-24(19)36-3/h5-15,26,31,33H,16H2,1-4H3/b27-25+. The Hall–Kier alpha value is -4.52. The molecule has 1 aliphatic rings. The fourth-order valence-electron chi connectivity index (χ4n) is 5.25. The summed E-state index contributed by atoms with van der Waals surface area (Å²) in [4.78, 5) is 31.9. The van der Waals surface area contributed by atoms with Crippen molar-refractivity contribution in [1.82, 2.24) is 9.88 Å². The summed E-state index contributed by atoms with van der Waals surface area (Å²) in [6.07, 6.45) is 1.79. The van der Waals surface area contributed by atoms with Gasteiger partial charge in [0.05, 0.1) is 37.9 Å². The van der Waals surface area contributed by atoms with Gasteiger partial charge < -0.3 is 24.5 Å². The van der Waals surface area contributed by atoms with Crippen LogP contribution in [-0.4, -0.2) is 40.9 Å². The Kier molecular flexibility index (Phi) is 6.21. The number of para-hydroxylation sites is 2. The maximum atomic E-state index is 13.6. The Labute approximate surface area is 214 Å². The van der Waals surface area contributed by atoms with Crippen LogP contribution in [-0.2, 0) is 16.1 Å². The first-order valence-electron chi connectivity index (χ1n) is 12.0. The van der Waals surface area contributed by atoms with Crippen LogP contribution in [0.2, 0.25) is 0 Å². The highest BCUT2D eigenvalue weighted by molar-refractivity contribution is 6.46. The number of aromatic nitrogens is 1. The van der Waals surface area contributed by atoms with Crippen LogP contribution in [0.25, 0.3) is 16.7 Å². The van der Waals surface area contributed by atoms with Gasteiger partial charge >= 0.3 is 0 Å². The van der Waals surface area contributed by atoms with Crippen LogP contribution >= 0.6 is 0 Å². The number of aliphatic hydroxyl groups excluding tert-OH is 1. The third kappa shape index (κ3) is 4.02. The minimum absolute atomic E-state index is 0.0213. The van der Waals surface area contributed by atoms with Gasteiger partial charge in [0.25, 0.3) is 11.7 Å². The molecule has 0 saturated carbocycles. The highest BCUT2D eigenvalue weighted by atomic mass is 16.5. The van der Waals surface area contributed by atoms with E-state index in [0.29, 0.717) is 17.1 Å². The number of aromatic amines is 1. The number of benzene rings is 3. The summed E-state index contributed by atoms with van der Waals surface area (Å²) in [6.45, 7) is 3.90. The predicted molar refractivity (Wildman–Crippen MR) is 142 cm³/mol. The number of ketones is 1. The van der Waals surface area contributed by atoms with Crippen molar-refractivity contribution in [3.63, 3.8) is 0 Å². The lowest BCUT2D eigenvalue weighted by molar-refractivity contribution is -0.140. The number of methoxy groups -OCH3 is 2. The maximum absolute atomic E-state index is 13.6. The van der Waals surface area contributed by atoms with E-state index < -0.39 is 17.7 Å². The van der Waals surface area contributed by atoms with Crippen molar-refractivity contribution < 1.29 is 24.2 Å². The number of amides is 1. The van der Waals surface area contributed by atoms with E-state index in [1.807, 2.05) is 68.4 Å². The Morgan fingerprint density at radius 1 is 1.00 bits per heavy atom. The third-order valence-corrected chi connectivity index (χ3v) is 6.87. The average Bonchev–Trinajstić information content (AvgIpc) is 3.42. The number of likely N-dealkylation sites (tertiary alicyclic amines) is 1. The van der Waals surface area contributed by atoms with Crippen LogP contribution < -0.4 is 9.47 Å². The molecule has 188 valence electrons.